The minimum Gasteiger partial charge on any atom is -0.380 e. The number of halogens is 3. The van der Waals surface area contributed by atoms with Crippen LogP contribution in [0.4, 0.5) is 24.5 Å². The molecule has 4 rings (SSSR count). The Labute approximate surface area is 188 Å². The smallest absolute Gasteiger partial charge is 0.248 e. The molecule has 4 aromatic rings. The van der Waals surface area contributed by atoms with Crippen molar-refractivity contribution in [1.82, 2.24) is 4.98 Å². The SMILES string of the molecule is Cc1cc(NCc2ccccc2)c2cc(NC(=O)C=Cc3ccc(F)c(F)c3F)ccc2n1. The monoisotopic (exact) mass is 447 g/mol. The van der Waals surface area contributed by atoms with Crippen molar-refractivity contribution in [1.29, 1.82) is 0 Å². The number of nitrogens with zero attached hydrogens (tertiary/aromatic N) is 1. The Morgan fingerprint density at radius 3 is 2.55 bits per heavy atom. The zero-order valence-electron chi connectivity index (χ0n) is 17.7. The molecule has 0 aliphatic rings. The van der Waals surface area contributed by atoms with Crippen molar-refractivity contribution in [2.45, 2.75) is 13.5 Å². The van der Waals surface area contributed by atoms with Gasteiger partial charge in [0.15, 0.2) is 17.5 Å². The van der Waals surface area contributed by atoms with Crippen LogP contribution in [0.1, 0.15) is 16.8 Å². The van der Waals surface area contributed by atoms with E-state index in [1.165, 1.54) is 0 Å². The standard InChI is InChI=1S/C26H20F3N3O/c1-16-13-23(30-15-17-5-3-2-4-6-17)20-14-19(9-11-22(20)31-16)32-24(33)12-8-18-7-10-21(27)26(29)25(18)28/h2-14H,15H2,1H3,(H,30,31)(H,32,33). The Bertz CT molecular complexity index is 1350. The van der Waals surface area contributed by atoms with Gasteiger partial charge < -0.3 is 10.6 Å². The van der Waals surface area contributed by atoms with E-state index in [1.807, 2.05) is 43.3 Å². The van der Waals surface area contributed by atoms with E-state index in [4.69, 9.17) is 0 Å². The van der Waals surface area contributed by atoms with Crippen molar-refractivity contribution in [3.63, 3.8) is 0 Å². The maximum absolute atomic E-state index is 13.8. The highest BCUT2D eigenvalue weighted by Crippen LogP contribution is 2.27. The Kier molecular flexibility index (Phi) is 6.40. The van der Waals surface area contributed by atoms with Gasteiger partial charge in [-0.25, -0.2) is 13.2 Å². The van der Waals surface area contributed by atoms with E-state index in [0.717, 1.165) is 52.1 Å². The average Bonchev–Trinajstić information content (AvgIpc) is 2.81. The summed E-state index contributed by atoms with van der Waals surface area (Å²) in [7, 11) is 0. The number of carbonyl (C=O) groups is 1. The predicted octanol–water partition coefficient (Wildman–Crippen LogP) is 6.22. The fourth-order valence-corrected chi connectivity index (χ4v) is 3.39. The van der Waals surface area contributed by atoms with Gasteiger partial charge in [-0.1, -0.05) is 30.3 Å². The highest BCUT2D eigenvalue weighted by Gasteiger charge is 2.12. The normalized spacial score (nSPS) is 11.2. The number of nitrogens with one attached hydrogen (secondary N) is 2. The van der Waals surface area contributed by atoms with E-state index in [-0.39, 0.29) is 5.56 Å². The number of aryl methyl sites for hydroxylation is 1. The lowest BCUT2D eigenvalue weighted by Crippen LogP contribution is -2.08. The quantitative estimate of drug-likeness (QED) is 0.272. The first-order valence-electron chi connectivity index (χ1n) is 10.2. The lowest BCUT2D eigenvalue weighted by atomic mass is 10.1. The third-order valence-electron chi connectivity index (χ3n) is 5.01. The van der Waals surface area contributed by atoms with Crippen molar-refractivity contribution in [3.8, 4) is 0 Å². The van der Waals surface area contributed by atoms with Crippen molar-refractivity contribution in [3.05, 3.63) is 107 Å². The zero-order valence-corrected chi connectivity index (χ0v) is 17.7. The van der Waals surface area contributed by atoms with Gasteiger partial charge >= 0.3 is 0 Å². The van der Waals surface area contributed by atoms with Crippen LogP contribution in [0.3, 0.4) is 0 Å². The van der Waals surface area contributed by atoms with E-state index >= 15 is 0 Å². The number of aromatic nitrogens is 1. The summed E-state index contributed by atoms with van der Waals surface area (Å²) in [5, 5.41) is 6.93. The Balaban J connectivity index is 1.54. The number of anilines is 2. The highest BCUT2D eigenvalue weighted by molar-refractivity contribution is 6.04. The first-order valence-corrected chi connectivity index (χ1v) is 10.2. The summed E-state index contributed by atoms with van der Waals surface area (Å²) in [4.78, 5) is 16.9. The summed E-state index contributed by atoms with van der Waals surface area (Å²) in [6, 6.07) is 19.0. The van der Waals surface area contributed by atoms with Crippen LogP contribution in [0.2, 0.25) is 0 Å². The van der Waals surface area contributed by atoms with Crippen LogP contribution in [0.25, 0.3) is 17.0 Å². The molecule has 0 spiro atoms. The highest BCUT2D eigenvalue weighted by atomic mass is 19.2. The van der Waals surface area contributed by atoms with E-state index < -0.39 is 23.4 Å². The third-order valence-corrected chi connectivity index (χ3v) is 5.01. The molecule has 0 unspecified atom stereocenters. The minimum atomic E-state index is -1.58. The molecular formula is C26H20F3N3O. The molecule has 0 aliphatic carbocycles. The number of benzene rings is 3. The first-order chi connectivity index (χ1) is 15.9. The Hall–Kier alpha value is -4.13. The van der Waals surface area contributed by atoms with Crippen LogP contribution < -0.4 is 10.6 Å². The van der Waals surface area contributed by atoms with Gasteiger partial charge in [0, 0.05) is 40.6 Å². The molecule has 0 saturated heterocycles. The molecule has 1 heterocycles. The number of pyridine rings is 1. The molecule has 166 valence electrons. The molecule has 1 amide bonds. The van der Waals surface area contributed by atoms with E-state index in [0.29, 0.717) is 12.2 Å². The lowest BCUT2D eigenvalue weighted by molar-refractivity contribution is -0.111. The summed E-state index contributed by atoms with van der Waals surface area (Å²) < 4.78 is 40.2. The average molecular weight is 447 g/mol. The number of fused-ring (bicyclic) bond motifs is 1. The second-order valence-corrected chi connectivity index (χ2v) is 7.47. The Morgan fingerprint density at radius 2 is 1.76 bits per heavy atom. The van der Waals surface area contributed by atoms with E-state index in [2.05, 4.69) is 15.6 Å². The molecule has 7 heteroatoms. The number of amides is 1. The number of rotatable bonds is 6. The van der Waals surface area contributed by atoms with Gasteiger partial charge in [-0.2, -0.15) is 0 Å². The minimum absolute atomic E-state index is 0.227. The van der Waals surface area contributed by atoms with E-state index in [9.17, 15) is 18.0 Å². The third kappa shape index (κ3) is 5.20. The summed E-state index contributed by atoms with van der Waals surface area (Å²) in [6.45, 7) is 2.53. The molecule has 0 fully saturated rings. The van der Waals surface area contributed by atoms with Crippen molar-refractivity contribution < 1.29 is 18.0 Å². The van der Waals surface area contributed by atoms with Gasteiger partial charge in [0.1, 0.15) is 0 Å². The fraction of sp³-hybridized carbons (Fsp3) is 0.0769. The molecule has 0 radical (unpaired) electrons. The number of carbonyl (C=O) groups excluding carboxylic acids is 1. The summed E-state index contributed by atoms with van der Waals surface area (Å²) in [5.74, 6) is -4.76. The van der Waals surface area contributed by atoms with Crippen LogP contribution in [0.5, 0.6) is 0 Å². The van der Waals surface area contributed by atoms with Gasteiger partial charge in [-0.15, -0.1) is 0 Å². The van der Waals surface area contributed by atoms with Crippen LogP contribution in [0, 0.1) is 24.4 Å². The van der Waals surface area contributed by atoms with E-state index in [1.54, 1.807) is 18.2 Å². The molecule has 4 nitrogen and oxygen atoms in total. The molecule has 33 heavy (non-hydrogen) atoms. The molecule has 0 atom stereocenters. The maximum Gasteiger partial charge on any atom is 0.248 e. The second kappa shape index (κ2) is 9.56. The molecule has 1 aromatic heterocycles. The number of hydrogen-bond donors (Lipinski definition) is 2. The van der Waals surface area contributed by atoms with Crippen LogP contribution >= 0.6 is 0 Å². The molecule has 0 aliphatic heterocycles. The van der Waals surface area contributed by atoms with Gasteiger partial charge in [-0.3, -0.25) is 9.78 Å². The van der Waals surface area contributed by atoms with Crippen molar-refractivity contribution in [2.24, 2.45) is 0 Å². The molecule has 3 aromatic carbocycles. The Morgan fingerprint density at radius 1 is 0.970 bits per heavy atom. The van der Waals surface area contributed by atoms with Gasteiger partial charge in [0.2, 0.25) is 5.91 Å². The molecule has 0 saturated carbocycles. The van der Waals surface area contributed by atoms with Crippen LogP contribution in [-0.2, 0) is 11.3 Å². The first kappa shape index (κ1) is 22.1. The topological polar surface area (TPSA) is 54.0 Å². The predicted molar refractivity (Wildman–Crippen MR) is 124 cm³/mol. The largest absolute Gasteiger partial charge is 0.380 e. The molecular weight excluding hydrogens is 427 g/mol. The number of hydrogen-bond acceptors (Lipinski definition) is 3. The maximum atomic E-state index is 13.8. The van der Waals surface area contributed by atoms with Crippen molar-refractivity contribution >= 4 is 34.3 Å². The fourth-order valence-electron chi connectivity index (χ4n) is 3.39. The molecule has 2 N–H and O–H groups in total. The van der Waals surface area contributed by atoms with Crippen LogP contribution in [-0.4, -0.2) is 10.9 Å². The van der Waals surface area contributed by atoms with Gasteiger partial charge in [0.05, 0.1) is 5.52 Å². The zero-order chi connectivity index (χ0) is 23.4. The van der Waals surface area contributed by atoms with Crippen molar-refractivity contribution in [2.75, 3.05) is 10.6 Å². The lowest BCUT2D eigenvalue weighted by Gasteiger charge is -2.12. The molecule has 0 bridgehead atoms. The van der Waals surface area contributed by atoms with Gasteiger partial charge in [-0.05, 0) is 55.0 Å². The summed E-state index contributed by atoms with van der Waals surface area (Å²) in [6.07, 6.45) is 2.15. The van der Waals surface area contributed by atoms with Crippen LogP contribution in [0.15, 0.2) is 72.8 Å². The summed E-state index contributed by atoms with van der Waals surface area (Å²) >= 11 is 0. The summed E-state index contributed by atoms with van der Waals surface area (Å²) in [5.41, 5.74) is 3.90. The second-order valence-electron chi connectivity index (χ2n) is 7.47. The van der Waals surface area contributed by atoms with Gasteiger partial charge in [0.25, 0.3) is 0 Å².